The summed E-state index contributed by atoms with van der Waals surface area (Å²) in [6, 6.07) is 29.5. The van der Waals surface area contributed by atoms with Crippen LogP contribution in [-0.4, -0.2) is 14.5 Å². The molecule has 0 amide bonds. The van der Waals surface area contributed by atoms with Gasteiger partial charge in [0.25, 0.3) is 0 Å². The van der Waals surface area contributed by atoms with E-state index < -0.39 is 0 Å². The maximum atomic E-state index is 5.31. The predicted molar refractivity (Wildman–Crippen MR) is 169 cm³/mol. The van der Waals surface area contributed by atoms with Gasteiger partial charge in [0.2, 0.25) is 5.95 Å². The van der Waals surface area contributed by atoms with Crippen molar-refractivity contribution < 1.29 is 0 Å². The molecule has 40 heavy (non-hydrogen) atoms. The maximum absolute atomic E-state index is 5.31. The molecule has 0 bridgehead atoms. The van der Waals surface area contributed by atoms with Crippen molar-refractivity contribution in [3.8, 4) is 17.2 Å². The highest BCUT2D eigenvalue weighted by molar-refractivity contribution is 5.93. The van der Waals surface area contributed by atoms with Crippen molar-refractivity contribution in [1.82, 2.24) is 14.5 Å². The Hall–Kier alpha value is -4.76. The molecule has 2 aromatic heterocycles. The van der Waals surface area contributed by atoms with Crippen LogP contribution in [0.25, 0.3) is 45.8 Å². The van der Waals surface area contributed by atoms with E-state index in [1.165, 1.54) is 27.5 Å². The van der Waals surface area contributed by atoms with Crippen molar-refractivity contribution in [3.63, 3.8) is 0 Å². The van der Waals surface area contributed by atoms with Crippen molar-refractivity contribution in [3.05, 3.63) is 142 Å². The Morgan fingerprint density at radius 3 is 2.20 bits per heavy atom. The third kappa shape index (κ3) is 4.44. The Labute approximate surface area is 235 Å². The van der Waals surface area contributed by atoms with Crippen molar-refractivity contribution >= 4 is 28.6 Å². The molecule has 1 aliphatic carbocycles. The van der Waals surface area contributed by atoms with E-state index in [4.69, 9.17) is 9.97 Å². The zero-order chi connectivity index (χ0) is 27.5. The lowest BCUT2D eigenvalue weighted by molar-refractivity contribution is 0.903. The van der Waals surface area contributed by atoms with Crippen molar-refractivity contribution in [1.29, 1.82) is 0 Å². The highest BCUT2D eigenvalue weighted by Gasteiger charge is 2.23. The minimum atomic E-state index is 0.690. The second-order valence-corrected chi connectivity index (χ2v) is 9.94. The van der Waals surface area contributed by atoms with Gasteiger partial charge in [-0.1, -0.05) is 116 Å². The zero-order valence-electron chi connectivity index (χ0n) is 23.3. The molecule has 0 saturated carbocycles. The van der Waals surface area contributed by atoms with E-state index in [1.807, 2.05) is 6.07 Å². The third-order valence-electron chi connectivity index (χ3n) is 7.51. The average molecular weight is 520 g/mol. The molecule has 3 aromatic carbocycles. The van der Waals surface area contributed by atoms with Gasteiger partial charge < -0.3 is 0 Å². The number of rotatable bonds is 6. The molecule has 0 unspecified atom stereocenters. The van der Waals surface area contributed by atoms with E-state index >= 15 is 0 Å². The number of aromatic nitrogens is 3. The molecular weight excluding hydrogens is 486 g/mol. The minimum Gasteiger partial charge on any atom is -0.278 e. The number of hydrogen-bond acceptors (Lipinski definition) is 2. The number of benzene rings is 3. The number of fused-ring (bicyclic) bond motifs is 2. The van der Waals surface area contributed by atoms with Crippen LogP contribution in [-0.2, 0) is 6.42 Å². The van der Waals surface area contributed by atoms with E-state index in [1.54, 1.807) is 0 Å². The van der Waals surface area contributed by atoms with E-state index in [-0.39, 0.29) is 0 Å². The monoisotopic (exact) mass is 519 g/mol. The van der Waals surface area contributed by atoms with Gasteiger partial charge in [-0.3, -0.25) is 4.57 Å². The molecule has 3 heteroatoms. The van der Waals surface area contributed by atoms with Crippen molar-refractivity contribution in [2.45, 2.75) is 33.6 Å². The quantitative estimate of drug-likeness (QED) is 0.232. The van der Waals surface area contributed by atoms with Gasteiger partial charge in [0, 0.05) is 21.7 Å². The first kappa shape index (κ1) is 25.5. The lowest BCUT2D eigenvalue weighted by Crippen LogP contribution is -2.36. The Morgan fingerprint density at radius 2 is 1.50 bits per heavy atom. The van der Waals surface area contributed by atoms with Gasteiger partial charge in [-0.25, -0.2) is 9.97 Å². The first-order chi connectivity index (χ1) is 19.7. The predicted octanol–water partition coefficient (Wildman–Crippen LogP) is 7.57. The topological polar surface area (TPSA) is 30.7 Å². The summed E-state index contributed by atoms with van der Waals surface area (Å²) < 4.78 is 2.30. The van der Waals surface area contributed by atoms with Crippen LogP contribution in [0, 0.1) is 0 Å². The van der Waals surface area contributed by atoms with Crippen molar-refractivity contribution in [2.24, 2.45) is 0 Å². The molecular formula is C37H33N3. The molecule has 0 saturated heterocycles. The zero-order valence-corrected chi connectivity index (χ0v) is 23.3. The van der Waals surface area contributed by atoms with Crippen LogP contribution >= 0.6 is 0 Å². The van der Waals surface area contributed by atoms with Gasteiger partial charge in [0.05, 0.1) is 22.3 Å². The highest BCUT2D eigenvalue weighted by atomic mass is 15.2. The Balaban J connectivity index is 1.82. The van der Waals surface area contributed by atoms with Gasteiger partial charge in [0.15, 0.2) is 0 Å². The van der Waals surface area contributed by atoms with E-state index in [0.29, 0.717) is 5.95 Å². The largest absolute Gasteiger partial charge is 0.278 e. The Bertz CT molecular complexity index is 1900. The maximum Gasteiger partial charge on any atom is 0.235 e. The standard InChI is InChI=1S/C37H33N3/c1-4-7-17-27-24-25-30-29(6-3)33(16-5-2)40(36(30)34(27)26-18-10-8-11-19-26)37-38-32-23-15-14-22-31(32)35(39-37)28-20-12-9-13-21-28/h4-5,7-23,25H,6,24H2,1-3H3/b7-4-,16-5-,27-17+. The summed E-state index contributed by atoms with van der Waals surface area (Å²) in [7, 11) is 0. The Kier molecular flexibility index (Phi) is 7.11. The van der Waals surface area contributed by atoms with Gasteiger partial charge in [-0.15, -0.1) is 0 Å². The molecule has 0 radical (unpaired) electrons. The third-order valence-corrected chi connectivity index (χ3v) is 7.51. The number of hydrogen-bond donors (Lipinski definition) is 0. The van der Waals surface area contributed by atoms with Crippen LogP contribution in [0.15, 0.2) is 115 Å². The van der Waals surface area contributed by atoms with Crippen molar-refractivity contribution in [2.75, 3.05) is 0 Å². The summed E-state index contributed by atoms with van der Waals surface area (Å²) in [6.07, 6.45) is 15.0. The molecule has 5 aromatic rings. The van der Waals surface area contributed by atoms with E-state index in [9.17, 15) is 0 Å². The summed E-state index contributed by atoms with van der Waals surface area (Å²) in [5.41, 5.74) is 9.15. The molecule has 3 nitrogen and oxygen atoms in total. The Morgan fingerprint density at radius 1 is 0.800 bits per heavy atom. The molecule has 0 spiro atoms. The molecule has 0 fully saturated rings. The fourth-order valence-electron chi connectivity index (χ4n) is 5.77. The molecule has 6 rings (SSSR count). The van der Waals surface area contributed by atoms with Crippen LogP contribution < -0.4 is 10.6 Å². The van der Waals surface area contributed by atoms with Crippen LogP contribution in [0.4, 0.5) is 0 Å². The molecule has 196 valence electrons. The molecule has 2 heterocycles. The summed E-state index contributed by atoms with van der Waals surface area (Å²) in [5.74, 6) is 0.690. The summed E-state index contributed by atoms with van der Waals surface area (Å²) in [6.45, 7) is 6.38. The first-order valence-corrected chi connectivity index (χ1v) is 14.1. The summed E-state index contributed by atoms with van der Waals surface area (Å²) >= 11 is 0. The summed E-state index contributed by atoms with van der Waals surface area (Å²) in [4.78, 5) is 10.5. The van der Waals surface area contributed by atoms with Gasteiger partial charge in [-0.2, -0.15) is 0 Å². The molecule has 0 aliphatic heterocycles. The fraction of sp³-hybridized carbons (Fsp3) is 0.135. The summed E-state index contributed by atoms with van der Waals surface area (Å²) in [5, 5.41) is 3.49. The molecule has 0 N–H and O–H groups in total. The minimum absolute atomic E-state index is 0.690. The van der Waals surface area contributed by atoms with E-state index in [2.05, 4.69) is 141 Å². The normalized spacial score (nSPS) is 14.4. The highest BCUT2D eigenvalue weighted by Crippen LogP contribution is 2.30. The first-order valence-electron chi connectivity index (χ1n) is 14.1. The van der Waals surface area contributed by atoms with Crippen LogP contribution in [0.2, 0.25) is 0 Å². The van der Waals surface area contributed by atoms with E-state index in [0.717, 1.165) is 46.0 Å². The lowest BCUT2D eigenvalue weighted by atomic mass is 9.90. The smallest absolute Gasteiger partial charge is 0.235 e. The lowest BCUT2D eigenvalue weighted by Gasteiger charge is -2.17. The average Bonchev–Trinajstić information content (AvgIpc) is 3.33. The van der Waals surface area contributed by atoms with Crippen LogP contribution in [0.3, 0.4) is 0 Å². The number of nitrogens with zero attached hydrogens (tertiary/aromatic N) is 3. The van der Waals surface area contributed by atoms with Gasteiger partial charge >= 0.3 is 0 Å². The second kappa shape index (κ2) is 11.2. The van der Waals surface area contributed by atoms with Gasteiger partial charge in [0.1, 0.15) is 0 Å². The van der Waals surface area contributed by atoms with Crippen LogP contribution in [0.5, 0.6) is 0 Å². The fourth-order valence-corrected chi connectivity index (χ4v) is 5.77. The van der Waals surface area contributed by atoms with Crippen LogP contribution in [0.1, 0.15) is 44.0 Å². The second-order valence-electron chi connectivity index (χ2n) is 9.94. The van der Waals surface area contributed by atoms with Gasteiger partial charge in [-0.05, 0) is 55.5 Å². The SMILES string of the molecule is C/C=C\C=C1/CC=c2c(CC)c(/C=C\C)n(-c3nc(-c4ccccc4)c4ccccc4n3)c2=C1c1ccccc1. The molecule has 1 aliphatic rings. The number of para-hydroxylation sites is 1. The number of allylic oxidation sites excluding steroid dienone is 5. The molecule has 0 atom stereocenters.